The number of hydrogen-bond acceptors (Lipinski definition) is 5. The lowest BCUT2D eigenvalue weighted by molar-refractivity contribution is -0.134. The second-order valence-electron chi connectivity index (χ2n) is 9.49. The Kier molecular flexibility index (Phi) is 7.04. The number of nitrogens with zero attached hydrogens (tertiary/aromatic N) is 3. The van der Waals surface area contributed by atoms with Crippen molar-refractivity contribution >= 4 is 34.8 Å². The molecule has 4 rings (SSSR count). The van der Waals surface area contributed by atoms with Crippen LogP contribution >= 0.6 is 23.2 Å². The molecule has 2 N–H and O–H groups in total. The van der Waals surface area contributed by atoms with Crippen molar-refractivity contribution in [2.75, 3.05) is 44.2 Å². The zero-order chi connectivity index (χ0) is 22.2. The van der Waals surface area contributed by atoms with Crippen LogP contribution in [0, 0.1) is 5.41 Å². The molecule has 1 spiro atoms. The highest BCUT2D eigenvalue weighted by Crippen LogP contribution is 2.53. The SMILES string of the molecule is C[C@@H]1CN([C@H](CO)CCN2CCC3(CC3)[C@H](O)C2)C(=O)CCN1c1ccc(Cl)c(Cl)c1. The molecule has 2 saturated heterocycles. The normalized spacial score (nSPS) is 27.5. The first-order chi connectivity index (χ1) is 14.8. The van der Waals surface area contributed by atoms with E-state index < -0.39 is 0 Å². The second kappa shape index (κ2) is 9.44. The quantitative estimate of drug-likeness (QED) is 0.669. The summed E-state index contributed by atoms with van der Waals surface area (Å²) in [6.45, 7) is 5.68. The second-order valence-corrected chi connectivity index (χ2v) is 10.3. The summed E-state index contributed by atoms with van der Waals surface area (Å²) in [5, 5.41) is 21.6. The summed E-state index contributed by atoms with van der Waals surface area (Å²) in [7, 11) is 0. The van der Waals surface area contributed by atoms with Crippen molar-refractivity contribution in [3.8, 4) is 0 Å². The minimum Gasteiger partial charge on any atom is -0.394 e. The molecule has 8 heteroatoms. The van der Waals surface area contributed by atoms with Gasteiger partial charge in [0.15, 0.2) is 0 Å². The number of rotatable bonds is 6. The highest BCUT2D eigenvalue weighted by Gasteiger charge is 2.51. The van der Waals surface area contributed by atoms with Crippen molar-refractivity contribution in [1.82, 2.24) is 9.80 Å². The standard InChI is InChI=1S/C23H33Cl2N3O3/c1-16-13-28(22(31)5-10-27(16)17-2-3-19(24)20(25)12-17)18(15-29)4-9-26-11-8-23(6-7-23)21(30)14-26/h2-3,12,16,18,21,29-30H,4-11,13-15H2,1H3/t16-,18+,21-/m1/s1. The van der Waals surface area contributed by atoms with Gasteiger partial charge in [-0.05, 0) is 62.8 Å². The number of amides is 1. The van der Waals surface area contributed by atoms with Crippen LogP contribution < -0.4 is 4.90 Å². The van der Waals surface area contributed by atoms with Crippen molar-refractivity contribution in [1.29, 1.82) is 0 Å². The molecular formula is C23H33Cl2N3O3. The van der Waals surface area contributed by atoms with Crippen molar-refractivity contribution in [2.45, 2.75) is 57.2 Å². The van der Waals surface area contributed by atoms with Crippen molar-refractivity contribution in [3.05, 3.63) is 28.2 Å². The molecule has 3 atom stereocenters. The number of halogens is 2. The maximum atomic E-state index is 12.9. The Morgan fingerprint density at radius 1 is 1.16 bits per heavy atom. The molecule has 31 heavy (non-hydrogen) atoms. The molecule has 0 radical (unpaired) electrons. The van der Waals surface area contributed by atoms with Gasteiger partial charge in [-0.25, -0.2) is 0 Å². The molecule has 1 saturated carbocycles. The van der Waals surface area contributed by atoms with Crippen LogP contribution in [0.5, 0.6) is 0 Å². The van der Waals surface area contributed by atoms with E-state index in [0.717, 1.165) is 38.0 Å². The van der Waals surface area contributed by atoms with Crippen LogP contribution in [-0.4, -0.2) is 83.4 Å². The molecular weight excluding hydrogens is 437 g/mol. The van der Waals surface area contributed by atoms with Gasteiger partial charge in [0, 0.05) is 44.3 Å². The lowest BCUT2D eigenvalue weighted by Gasteiger charge is -2.38. The maximum Gasteiger partial charge on any atom is 0.224 e. The number of aliphatic hydroxyl groups is 2. The van der Waals surface area contributed by atoms with E-state index in [1.165, 1.54) is 0 Å². The van der Waals surface area contributed by atoms with Gasteiger partial charge < -0.3 is 24.9 Å². The van der Waals surface area contributed by atoms with Gasteiger partial charge >= 0.3 is 0 Å². The van der Waals surface area contributed by atoms with E-state index in [1.54, 1.807) is 6.07 Å². The van der Waals surface area contributed by atoms with E-state index in [-0.39, 0.29) is 36.1 Å². The van der Waals surface area contributed by atoms with Crippen LogP contribution in [0.1, 0.15) is 39.0 Å². The first kappa shape index (κ1) is 23.1. The van der Waals surface area contributed by atoms with Crippen LogP contribution in [0.25, 0.3) is 0 Å². The average Bonchev–Trinajstić information content (AvgIpc) is 3.54. The molecule has 6 nitrogen and oxygen atoms in total. The minimum absolute atomic E-state index is 0.0500. The van der Waals surface area contributed by atoms with Gasteiger partial charge in [-0.1, -0.05) is 23.2 Å². The van der Waals surface area contributed by atoms with Crippen molar-refractivity contribution in [2.24, 2.45) is 5.41 Å². The van der Waals surface area contributed by atoms with Crippen molar-refractivity contribution < 1.29 is 15.0 Å². The van der Waals surface area contributed by atoms with E-state index >= 15 is 0 Å². The Balaban J connectivity index is 1.38. The Labute approximate surface area is 194 Å². The number of carbonyl (C=O) groups is 1. The number of carbonyl (C=O) groups excluding carboxylic acids is 1. The third-order valence-corrected chi connectivity index (χ3v) is 8.24. The Hall–Kier alpha value is -1.05. The van der Waals surface area contributed by atoms with Crippen LogP contribution in [0.15, 0.2) is 18.2 Å². The van der Waals surface area contributed by atoms with Crippen LogP contribution in [0.3, 0.4) is 0 Å². The number of likely N-dealkylation sites (tertiary alicyclic amines) is 1. The molecule has 1 aromatic rings. The van der Waals surface area contributed by atoms with Gasteiger partial charge in [-0.3, -0.25) is 4.79 Å². The summed E-state index contributed by atoms with van der Waals surface area (Å²) < 4.78 is 0. The van der Waals surface area contributed by atoms with Gasteiger partial charge in [0.05, 0.1) is 28.8 Å². The van der Waals surface area contributed by atoms with Gasteiger partial charge in [-0.15, -0.1) is 0 Å². The predicted octanol–water partition coefficient (Wildman–Crippen LogP) is 3.02. The fourth-order valence-electron chi connectivity index (χ4n) is 5.17. The number of β-amino-alcohol motifs (C(OH)–C–C–N with tert-alkyl or cyclic N) is 1. The van der Waals surface area contributed by atoms with E-state index in [9.17, 15) is 15.0 Å². The summed E-state index contributed by atoms with van der Waals surface area (Å²) in [6.07, 6.45) is 4.21. The van der Waals surface area contributed by atoms with Crippen LogP contribution in [0.4, 0.5) is 5.69 Å². The summed E-state index contributed by atoms with van der Waals surface area (Å²) in [4.78, 5) is 19.3. The molecule has 1 aliphatic carbocycles. The van der Waals surface area contributed by atoms with Gasteiger partial charge in [-0.2, -0.15) is 0 Å². The van der Waals surface area contributed by atoms with E-state index in [1.807, 2.05) is 17.0 Å². The molecule has 0 bridgehead atoms. The van der Waals surface area contributed by atoms with E-state index in [2.05, 4.69) is 16.7 Å². The molecule has 172 valence electrons. The first-order valence-electron chi connectivity index (χ1n) is 11.4. The molecule has 2 heterocycles. The minimum atomic E-state index is -0.242. The number of hydrogen-bond donors (Lipinski definition) is 2. The number of aliphatic hydroxyl groups excluding tert-OH is 2. The molecule has 3 aliphatic rings. The fraction of sp³-hybridized carbons (Fsp3) is 0.696. The third kappa shape index (κ3) is 4.98. The zero-order valence-corrected chi connectivity index (χ0v) is 19.7. The Morgan fingerprint density at radius 2 is 1.94 bits per heavy atom. The lowest BCUT2D eigenvalue weighted by Crippen LogP contribution is -2.49. The average molecular weight is 470 g/mol. The number of anilines is 1. The van der Waals surface area contributed by atoms with Gasteiger partial charge in [0.2, 0.25) is 5.91 Å². The summed E-state index contributed by atoms with van der Waals surface area (Å²) in [5.41, 5.74) is 1.14. The zero-order valence-electron chi connectivity index (χ0n) is 18.1. The summed E-state index contributed by atoms with van der Waals surface area (Å²) in [6, 6.07) is 5.44. The number of piperidine rings is 1. The van der Waals surface area contributed by atoms with E-state index in [4.69, 9.17) is 23.2 Å². The van der Waals surface area contributed by atoms with Crippen molar-refractivity contribution in [3.63, 3.8) is 0 Å². The maximum absolute atomic E-state index is 12.9. The van der Waals surface area contributed by atoms with Gasteiger partial charge in [0.1, 0.15) is 0 Å². The topological polar surface area (TPSA) is 67.2 Å². The largest absolute Gasteiger partial charge is 0.394 e. The highest BCUT2D eigenvalue weighted by atomic mass is 35.5. The molecule has 0 unspecified atom stereocenters. The van der Waals surface area contributed by atoms with Crippen LogP contribution in [-0.2, 0) is 4.79 Å². The molecule has 2 aliphatic heterocycles. The molecule has 1 aromatic carbocycles. The molecule has 1 amide bonds. The smallest absolute Gasteiger partial charge is 0.224 e. The first-order valence-corrected chi connectivity index (χ1v) is 12.1. The molecule has 3 fully saturated rings. The predicted molar refractivity (Wildman–Crippen MR) is 124 cm³/mol. The fourth-order valence-corrected chi connectivity index (χ4v) is 5.46. The third-order valence-electron chi connectivity index (χ3n) is 7.50. The molecule has 0 aromatic heterocycles. The number of benzene rings is 1. The van der Waals surface area contributed by atoms with Gasteiger partial charge in [0.25, 0.3) is 0 Å². The summed E-state index contributed by atoms with van der Waals surface area (Å²) in [5.74, 6) is 0.0732. The highest BCUT2D eigenvalue weighted by molar-refractivity contribution is 6.42. The lowest BCUT2D eigenvalue weighted by atomic mass is 9.90. The van der Waals surface area contributed by atoms with Crippen LogP contribution in [0.2, 0.25) is 10.0 Å². The Morgan fingerprint density at radius 3 is 2.58 bits per heavy atom. The Bertz CT molecular complexity index is 804. The summed E-state index contributed by atoms with van der Waals surface area (Å²) >= 11 is 12.3. The monoisotopic (exact) mass is 469 g/mol. The van der Waals surface area contributed by atoms with E-state index in [0.29, 0.717) is 42.5 Å².